The number of anilines is 1. The van der Waals surface area contributed by atoms with Gasteiger partial charge in [0, 0.05) is 6.54 Å². The fourth-order valence-corrected chi connectivity index (χ4v) is 2.20. The van der Waals surface area contributed by atoms with Crippen molar-refractivity contribution in [3.8, 4) is 0 Å². The fraction of sp³-hybridized carbons (Fsp3) is 0.143. The Balaban J connectivity index is 2.14. The molecule has 0 aromatic heterocycles. The lowest BCUT2D eigenvalue weighted by molar-refractivity contribution is 0.617. The van der Waals surface area contributed by atoms with Crippen molar-refractivity contribution in [3.63, 3.8) is 0 Å². The van der Waals surface area contributed by atoms with Crippen molar-refractivity contribution in [2.45, 2.75) is 13.5 Å². The SMILES string of the molecule is Cc1cc(CNc2c(Cl)cccc2Cl)ccc1F. The first-order valence-corrected chi connectivity index (χ1v) is 6.26. The second kappa shape index (κ2) is 5.59. The largest absolute Gasteiger partial charge is 0.379 e. The summed E-state index contributed by atoms with van der Waals surface area (Å²) in [5.74, 6) is -0.200. The van der Waals surface area contributed by atoms with E-state index in [4.69, 9.17) is 23.2 Å². The Hall–Kier alpha value is -1.25. The van der Waals surface area contributed by atoms with E-state index >= 15 is 0 Å². The molecule has 0 aliphatic rings. The third-order valence-electron chi connectivity index (χ3n) is 2.65. The first-order valence-electron chi connectivity index (χ1n) is 5.51. The van der Waals surface area contributed by atoms with Gasteiger partial charge in [-0.25, -0.2) is 4.39 Å². The summed E-state index contributed by atoms with van der Waals surface area (Å²) in [6.07, 6.45) is 0. The molecule has 0 saturated heterocycles. The average molecular weight is 284 g/mol. The Labute approximate surface area is 116 Å². The topological polar surface area (TPSA) is 12.0 Å². The van der Waals surface area contributed by atoms with Gasteiger partial charge in [-0.3, -0.25) is 0 Å². The minimum Gasteiger partial charge on any atom is -0.379 e. The summed E-state index contributed by atoms with van der Waals surface area (Å²) in [6, 6.07) is 10.3. The number of para-hydroxylation sites is 1. The summed E-state index contributed by atoms with van der Waals surface area (Å²) < 4.78 is 13.1. The van der Waals surface area contributed by atoms with Gasteiger partial charge in [-0.1, -0.05) is 41.4 Å². The predicted molar refractivity (Wildman–Crippen MR) is 74.9 cm³/mol. The van der Waals surface area contributed by atoms with Crippen LogP contribution in [0.4, 0.5) is 10.1 Å². The van der Waals surface area contributed by atoms with E-state index in [9.17, 15) is 4.39 Å². The normalized spacial score (nSPS) is 10.4. The van der Waals surface area contributed by atoms with Gasteiger partial charge < -0.3 is 5.32 Å². The molecule has 2 aromatic carbocycles. The zero-order chi connectivity index (χ0) is 13.1. The van der Waals surface area contributed by atoms with E-state index in [0.717, 1.165) is 5.56 Å². The highest BCUT2D eigenvalue weighted by atomic mass is 35.5. The molecule has 0 amide bonds. The molecule has 0 atom stereocenters. The summed E-state index contributed by atoms with van der Waals surface area (Å²) in [5.41, 5.74) is 2.30. The molecular formula is C14H12Cl2FN. The lowest BCUT2D eigenvalue weighted by Gasteiger charge is -2.10. The van der Waals surface area contributed by atoms with E-state index < -0.39 is 0 Å². The lowest BCUT2D eigenvalue weighted by Crippen LogP contribution is -2.01. The highest BCUT2D eigenvalue weighted by Gasteiger charge is 2.05. The number of hydrogen-bond donors (Lipinski definition) is 1. The molecule has 0 spiro atoms. The predicted octanol–water partition coefficient (Wildman–Crippen LogP) is 5.05. The third-order valence-corrected chi connectivity index (χ3v) is 3.28. The minimum atomic E-state index is -0.200. The van der Waals surface area contributed by atoms with Gasteiger partial charge in [0.15, 0.2) is 0 Å². The van der Waals surface area contributed by atoms with Gasteiger partial charge in [0.2, 0.25) is 0 Å². The monoisotopic (exact) mass is 283 g/mol. The highest BCUT2D eigenvalue weighted by Crippen LogP contribution is 2.30. The maximum absolute atomic E-state index is 13.1. The van der Waals surface area contributed by atoms with E-state index in [0.29, 0.717) is 27.8 Å². The zero-order valence-corrected chi connectivity index (χ0v) is 11.3. The fourth-order valence-electron chi connectivity index (χ4n) is 1.67. The van der Waals surface area contributed by atoms with Gasteiger partial charge in [-0.05, 0) is 36.2 Å². The van der Waals surface area contributed by atoms with E-state index in [2.05, 4.69) is 5.32 Å². The van der Waals surface area contributed by atoms with Crippen LogP contribution in [-0.2, 0) is 6.54 Å². The molecule has 2 aromatic rings. The van der Waals surface area contributed by atoms with Crippen LogP contribution in [0.5, 0.6) is 0 Å². The molecule has 0 heterocycles. The van der Waals surface area contributed by atoms with E-state index in [1.165, 1.54) is 6.07 Å². The van der Waals surface area contributed by atoms with Crippen LogP contribution in [-0.4, -0.2) is 0 Å². The minimum absolute atomic E-state index is 0.200. The summed E-state index contributed by atoms with van der Waals surface area (Å²) in [7, 11) is 0. The van der Waals surface area contributed by atoms with Crippen LogP contribution >= 0.6 is 23.2 Å². The average Bonchev–Trinajstić information content (AvgIpc) is 2.33. The number of benzene rings is 2. The standard InChI is InChI=1S/C14H12Cl2FN/c1-9-7-10(5-6-13(9)17)8-18-14-11(15)3-2-4-12(14)16/h2-7,18H,8H2,1H3. The third kappa shape index (κ3) is 2.95. The second-order valence-electron chi connectivity index (χ2n) is 4.03. The summed E-state index contributed by atoms with van der Waals surface area (Å²) in [5, 5.41) is 4.30. The molecule has 0 aliphatic carbocycles. The van der Waals surface area contributed by atoms with Gasteiger partial charge in [-0.15, -0.1) is 0 Å². The van der Waals surface area contributed by atoms with Crippen LogP contribution in [0.2, 0.25) is 10.0 Å². The summed E-state index contributed by atoms with van der Waals surface area (Å²) >= 11 is 12.1. The Morgan fingerprint density at radius 1 is 1.11 bits per heavy atom. The second-order valence-corrected chi connectivity index (χ2v) is 4.85. The van der Waals surface area contributed by atoms with Crippen molar-refractivity contribution in [2.75, 3.05) is 5.32 Å². The molecule has 0 aliphatic heterocycles. The van der Waals surface area contributed by atoms with Gasteiger partial charge in [0.05, 0.1) is 15.7 Å². The van der Waals surface area contributed by atoms with Gasteiger partial charge in [0.1, 0.15) is 5.82 Å². The molecule has 94 valence electrons. The number of rotatable bonds is 3. The Morgan fingerprint density at radius 2 is 1.78 bits per heavy atom. The summed E-state index contributed by atoms with van der Waals surface area (Å²) in [4.78, 5) is 0. The molecule has 0 unspecified atom stereocenters. The van der Waals surface area contributed by atoms with Crippen LogP contribution in [0.15, 0.2) is 36.4 Å². The maximum atomic E-state index is 13.1. The van der Waals surface area contributed by atoms with E-state index in [1.54, 1.807) is 37.3 Å². The van der Waals surface area contributed by atoms with Crippen molar-refractivity contribution in [3.05, 3.63) is 63.4 Å². The van der Waals surface area contributed by atoms with Crippen LogP contribution in [0, 0.1) is 12.7 Å². The summed E-state index contributed by atoms with van der Waals surface area (Å²) in [6.45, 7) is 2.28. The highest BCUT2D eigenvalue weighted by molar-refractivity contribution is 6.39. The molecular weight excluding hydrogens is 272 g/mol. The molecule has 18 heavy (non-hydrogen) atoms. The molecule has 0 fully saturated rings. The van der Waals surface area contributed by atoms with Crippen molar-refractivity contribution in [2.24, 2.45) is 0 Å². The molecule has 0 saturated carbocycles. The number of aryl methyl sites for hydroxylation is 1. The van der Waals surface area contributed by atoms with Crippen molar-refractivity contribution >= 4 is 28.9 Å². The molecule has 4 heteroatoms. The van der Waals surface area contributed by atoms with E-state index in [-0.39, 0.29) is 5.82 Å². The molecule has 0 radical (unpaired) electrons. The number of hydrogen-bond acceptors (Lipinski definition) is 1. The van der Waals surface area contributed by atoms with Crippen LogP contribution in [0.3, 0.4) is 0 Å². The van der Waals surface area contributed by atoms with Crippen LogP contribution in [0.1, 0.15) is 11.1 Å². The Morgan fingerprint density at radius 3 is 2.39 bits per heavy atom. The first-order chi connectivity index (χ1) is 8.58. The molecule has 1 N–H and O–H groups in total. The van der Waals surface area contributed by atoms with Crippen molar-refractivity contribution < 1.29 is 4.39 Å². The zero-order valence-electron chi connectivity index (χ0n) is 9.81. The number of nitrogens with one attached hydrogen (secondary N) is 1. The van der Waals surface area contributed by atoms with E-state index in [1.807, 2.05) is 0 Å². The first kappa shape index (κ1) is 13.2. The molecule has 2 rings (SSSR count). The number of halogens is 3. The van der Waals surface area contributed by atoms with Gasteiger partial charge in [-0.2, -0.15) is 0 Å². The quantitative estimate of drug-likeness (QED) is 0.831. The van der Waals surface area contributed by atoms with Crippen molar-refractivity contribution in [1.29, 1.82) is 0 Å². The molecule has 0 bridgehead atoms. The van der Waals surface area contributed by atoms with Gasteiger partial charge in [0.25, 0.3) is 0 Å². The van der Waals surface area contributed by atoms with Gasteiger partial charge >= 0.3 is 0 Å². The van der Waals surface area contributed by atoms with Crippen molar-refractivity contribution in [1.82, 2.24) is 0 Å². The Kier molecular flexibility index (Phi) is 4.10. The van der Waals surface area contributed by atoms with Crippen LogP contribution < -0.4 is 5.32 Å². The molecule has 1 nitrogen and oxygen atoms in total. The maximum Gasteiger partial charge on any atom is 0.126 e. The smallest absolute Gasteiger partial charge is 0.126 e. The lowest BCUT2D eigenvalue weighted by atomic mass is 10.1. The van der Waals surface area contributed by atoms with Crippen LogP contribution in [0.25, 0.3) is 0 Å². The Bertz CT molecular complexity index is 549.